The largest absolute Gasteiger partial charge is 0.361 e. The molecule has 1 saturated heterocycles. The van der Waals surface area contributed by atoms with E-state index in [0.29, 0.717) is 19.5 Å². The normalized spacial score (nSPS) is 18.2. The molecule has 0 saturated carbocycles. The molecule has 1 atom stereocenters. The molecule has 1 aromatic heterocycles. The van der Waals surface area contributed by atoms with Gasteiger partial charge in [-0.2, -0.15) is 0 Å². The summed E-state index contributed by atoms with van der Waals surface area (Å²) in [5.74, 6) is 0.0333. The lowest BCUT2D eigenvalue weighted by Crippen LogP contribution is -2.58. The zero-order valence-electron chi connectivity index (χ0n) is 14.2. The van der Waals surface area contributed by atoms with Crippen LogP contribution in [0.4, 0.5) is 10.5 Å². The number of hydrogen-bond donors (Lipinski definition) is 2. The number of amides is 3. The van der Waals surface area contributed by atoms with E-state index < -0.39 is 0 Å². The van der Waals surface area contributed by atoms with E-state index in [1.165, 1.54) is 0 Å². The number of nitrogens with zero attached hydrogens (tertiary/aromatic N) is 2. The predicted molar refractivity (Wildman–Crippen MR) is 95.0 cm³/mol. The number of nitrogens with one attached hydrogen (secondary N) is 2. The molecule has 6 nitrogen and oxygen atoms in total. The number of aromatic amines is 1. The lowest BCUT2D eigenvalue weighted by Gasteiger charge is -2.39. The molecule has 0 unspecified atom stereocenters. The molecular weight excluding hydrogens is 304 g/mol. The molecular formula is C18H24N4O2. The average molecular weight is 328 g/mol. The molecule has 1 fully saturated rings. The topological polar surface area (TPSA) is 68.4 Å². The quantitative estimate of drug-likeness (QED) is 0.906. The zero-order valence-corrected chi connectivity index (χ0v) is 14.2. The summed E-state index contributed by atoms with van der Waals surface area (Å²) in [5, 5.41) is 3.98. The highest BCUT2D eigenvalue weighted by molar-refractivity contribution is 5.96. The van der Waals surface area contributed by atoms with Crippen molar-refractivity contribution in [2.45, 2.75) is 32.2 Å². The molecule has 0 radical (unpaired) electrons. The third-order valence-corrected chi connectivity index (χ3v) is 4.61. The summed E-state index contributed by atoms with van der Waals surface area (Å²) >= 11 is 0. The molecule has 24 heavy (non-hydrogen) atoms. The van der Waals surface area contributed by atoms with Gasteiger partial charge in [0, 0.05) is 42.9 Å². The van der Waals surface area contributed by atoms with Crippen molar-refractivity contribution in [2.75, 3.05) is 25.5 Å². The molecule has 3 amide bonds. The summed E-state index contributed by atoms with van der Waals surface area (Å²) in [6.45, 7) is 3.23. The summed E-state index contributed by atoms with van der Waals surface area (Å²) in [6, 6.07) is 7.15. The number of carbonyl (C=O) groups excluding carboxylic acids is 2. The molecule has 1 aliphatic rings. The summed E-state index contributed by atoms with van der Waals surface area (Å²) in [5.41, 5.74) is 1.77. The van der Waals surface area contributed by atoms with E-state index in [1.807, 2.05) is 30.5 Å². The first-order valence-electron chi connectivity index (χ1n) is 8.50. The van der Waals surface area contributed by atoms with Gasteiger partial charge in [0.1, 0.15) is 6.04 Å². The Hall–Kier alpha value is -2.50. The van der Waals surface area contributed by atoms with E-state index in [2.05, 4.69) is 17.2 Å². The Morgan fingerprint density at radius 3 is 2.96 bits per heavy atom. The Labute approximate surface area is 141 Å². The Bertz CT molecular complexity index is 739. The van der Waals surface area contributed by atoms with E-state index in [0.717, 1.165) is 29.4 Å². The molecule has 2 aromatic rings. The Balaban J connectivity index is 1.74. The first kappa shape index (κ1) is 16.4. The highest BCUT2D eigenvalue weighted by Gasteiger charge is 2.35. The van der Waals surface area contributed by atoms with Crippen molar-refractivity contribution < 1.29 is 9.59 Å². The van der Waals surface area contributed by atoms with Crippen LogP contribution in [0.3, 0.4) is 0 Å². The minimum Gasteiger partial charge on any atom is -0.361 e. The second-order valence-electron chi connectivity index (χ2n) is 6.32. The van der Waals surface area contributed by atoms with Gasteiger partial charge in [-0.3, -0.25) is 4.79 Å². The monoisotopic (exact) mass is 328 g/mol. The first-order chi connectivity index (χ1) is 11.6. The number of urea groups is 1. The van der Waals surface area contributed by atoms with Crippen molar-refractivity contribution in [3.05, 3.63) is 30.5 Å². The Morgan fingerprint density at radius 1 is 1.33 bits per heavy atom. The van der Waals surface area contributed by atoms with Crippen LogP contribution >= 0.6 is 0 Å². The standard InChI is InChI=1S/C18H24N4O2/c1-3-4-5-16-17(23)21(2)10-11-22(16)18(24)20-14-6-7-15-13(12-14)8-9-19-15/h6-9,12,16,19H,3-5,10-11H2,1-2H3,(H,20,24)/t16-/m1/s1. The maximum atomic E-state index is 12.7. The van der Waals surface area contributed by atoms with Crippen LogP contribution in [-0.4, -0.2) is 52.9 Å². The van der Waals surface area contributed by atoms with E-state index >= 15 is 0 Å². The maximum absolute atomic E-state index is 12.7. The molecule has 0 bridgehead atoms. The Morgan fingerprint density at radius 2 is 2.17 bits per heavy atom. The van der Waals surface area contributed by atoms with Crippen LogP contribution in [0, 0.1) is 0 Å². The van der Waals surface area contributed by atoms with Gasteiger partial charge in [-0.1, -0.05) is 19.8 Å². The van der Waals surface area contributed by atoms with Crippen molar-refractivity contribution >= 4 is 28.5 Å². The van der Waals surface area contributed by atoms with Gasteiger partial charge in [-0.05, 0) is 30.7 Å². The van der Waals surface area contributed by atoms with Gasteiger partial charge in [0.15, 0.2) is 0 Å². The van der Waals surface area contributed by atoms with Crippen LogP contribution < -0.4 is 5.32 Å². The average Bonchev–Trinajstić information content (AvgIpc) is 3.03. The molecule has 128 valence electrons. The summed E-state index contributed by atoms with van der Waals surface area (Å²) in [6.07, 6.45) is 4.52. The Kier molecular flexibility index (Phi) is 4.74. The number of carbonyl (C=O) groups is 2. The number of anilines is 1. The van der Waals surface area contributed by atoms with E-state index in [9.17, 15) is 9.59 Å². The van der Waals surface area contributed by atoms with Gasteiger partial charge in [0.2, 0.25) is 5.91 Å². The van der Waals surface area contributed by atoms with Gasteiger partial charge < -0.3 is 20.1 Å². The van der Waals surface area contributed by atoms with Crippen LogP contribution in [0.15, 0.2) is 30.5 Å². The smallest absolute Gasteiger partial charge is 0.322 e. The van der Waals surface area contributed by atoms with Crippen LogP contribution in [0.25, 0.3) is 10.9 Å². The van der Waals surface area contributed by atoms with Crippen LogP contribution in [0.2, 0.25) is 0 Å². The highest BCUT2D eigenvalue weighted by atomic mass is 16.2. The fourth-order valence-electron chi connectivity index (χ4n) is 3.16. The van der Waals surface area contributed by atoms with E-state index in [-0.39, 0.29) is 18.0 Å². The number of benzene rings is 1. The van der Waals surface area contributed by atoms with Crippen molar-refractivity contribution in [1.29, 1.82) is 0 Å². The summed E-state index contributed by atoms with van der Waals surface area (Å²) < 4.78 is 0. The molecule has 1 aliphatic heterocycles. The number of piperazine rings is 1. The highest BCUT2D eigenvalue weighted by Crippen LogP contribution is 2.21. The third-order valence-electron chi connectivity index (χ3n) is 4.61. The van der Waals surface area contributed by atoms with Gasteiger partial charge in [0.05, 0.1) is 0 Å². The van der Waals surface area contributed by atoms with Crippen LogP contribution in [0.1, 0.15) is 26.2 Å². The number of unbranched alkanes of at least 4 members (excludes halogenated alkanes) is 1. The van der Waals surface area contributed by atoms with Crippen LogP contribution in [-0.2, 0) is 4.79 Å². The predicted octanol–water partition coefficient (Wildman–Crippen LogP) is 3.03. The lowest BCUT2D eigenvalue weighted by molar-refractivity contribution is -0.138. The number of H-pyrrole nitrogens is 1. The van der Waals surface area contributed by atoms with Gasteiger partial charge in [-0.15, -0.1) is 0 Å². The summed E-state index contributed by atoms with van der Waals surface area (Å²) in [7, 11) is 1.80. The van der Waals surface area contributed by atoms with Crippen molar-refractivity contribution in [1.82, 2.24) is 14.8 Å². The molecule has 2 heterocycles. The molecule has 2 N–H and O–H groups in total. The molecule has 0 aliphatic carbocycles. The number of fused-ring (bicyclic) bond motifs is 1. The number of likely N-dealkylation sites (N-methyl/N-ethyl adjacent to an activating group) is 1. The van der Waals surface area contributed by atoms with Crippen LogP contribution in [0.5, 0.6) is 0 Å². The molecule has 6 heteroatoms. The number of rotatable bonds is 4. The molecule has 0 spiro atoms. The van der Waals surface area contributed by atoms with E-state index in [1.54, 1.807) is 16.8 Å². The van der Waals surface area contributed by atoms with Gasteiger partial charge in [-0.25, -0.2) is 4.79 Å². The summed E-state index contributed by atoms with van der Waals surface area (Å²) in [4.78, 5) is 31.7. The number of aromatic nitrogens is 1. The van der Waals surface area contributed by atoms with E-state index in [4.69, 9.17) is 0 Å². The molecule has 1 aromatic carbocycles. The van der Waals surface area contributed by atoms with Crippen molar-refractivity contribution in [3.63, 3.8) is 0 Å². The second kappa shape index (κ2) is 6.95. The maximum Gasteiger partial charge on any atom is 0.322 e. The number of hydrogen-bond acceptors (Lipinski definition) is 2. The zero-order chi connectivity index (χ0) is 17.1. The van der Waals surface area contributed by atoms with Crippen molar-refractivity contribution in [2.24, 2.45) is 0 Å². The minimum absolute atomic E-state index is 0.0333. The fraction of sp³-hybridized carbons (Fsp3) is 0.444. The SMILES string of the molecule is CCCC[C@@H]1C(=O)N(C)CCN1C(=O)Nc1ccc2[nH]ccc2c1. The lowest BCUT2D eigenvalue weighted by atomic mass is 10.0. The van der Waals surface area contributed by atoms with Gasteiger partial charge >= 0.3 is 6.03 Å². The van der Waals surface area contributed by atoms with Crippen molar-refractivity contribution in [3.8, 4) is 0 Å². The molecule has 3 rings (SSSR count). The van der Waals surface area contributed by atoms with Gasteiger partial charge in [0.25, 0.3) is 0 Å². The first-order valence-corrected chi connectivity index (χ1v) is 8.50. The second-order valence-corrected chi connectivity index (χ2v) is 6.32. The minimum atomic E-state index is -0.361. The third kappa shape index (κ3) is 3.22. The fourth-order valence-corrected chi connectivity index (χ4v) is 3.16.